The van der Waals surface area contributed by atoms with Gasteiger partial charge in [0, 0.05) is 11.3 Å². The van der Waals surface area contributed by atoms with Crippen LogP contribution in [0.15, 0.2) is 12.1 Å². The Kier molecular flexibility index (Phi) is 2.86. The summed E-state index contributed by atoms with van der Waals surface area (Å²) in [6.45, 7) is 2.03. The van der Waals surface area contributed by atoms with Crippen LogP contribution in [0.25, 0.3) is 10.9 Å². The van der Waals surface area contributed by atoms with E-state index in [4.69, 9.17) is 16.3 Å². The van der Waals surface area contributed by atoms with Crippen LogP contribution in [0.5, 0.6) is 5.75 Å². The summed E-state index contributed by atoms with van der Waals surface area (Å²) in [5.74, 6) is 2.18. The molecule has 3 nitrogen and oxygen atoms in total. The van der Waals surface area contributed by atoms with Crippen LogP contribution in [0, 0.1) is 6.92 Å². The lowest BCUT2D eigenvalue weighted by Gasteiger charge is -2.24. The minimum atomic E-state index is 0.494. The normalized spacial score (nSPS) is 15.7. The smallest absolute Gasteiger partial charge is 0.140 e. The average Bonchev–Trinajstić information content (AvgIpc) is 2.28. The number of fused-ring (bicyclic) bond motifs is 1. The summed E-state index contributed by atoms with van der Waals surface area (Å²) in [4.78, 5) is 9.12. The predicted octanol–water partition coefficient (Wildman–Crippen LogP) is 3.87. The summed E-state index contributed by atoms with van der Waals surface area (Å²) in [6, 6.07) is 3.88. The number of aromatic nitrogens is 2. The largest absolute Gasteiger partial charge is 0.497 e. The van der Waals surface area contributed by atoms with Crippen molar-refractivity contribution in [3.8, 4) is 5.75 Å². The molecule has 1 heterocycles. The molecular formula is C14H15ClN2O. The van der Waals surface area contributed by atoms with Crippen LogP contribution in [0.4, 0.5) is 0 Å². The predicted molar refractivity (Wildman–Crippen MR) is 72.4 cm³/mol. The molecule has 1 fully saturated rings. The number of hydrogen-bond donors (Lipinski definition) is 0. The Morgan fingerprint density at radius 1 is 1.28 bits per heavy atom. The maximum absolute atomic E-state index is 6.28. The summed E-state index contributed by atoms with van der Waals surface area (Å²) in [5, 5.41) is 1.40. The quantitative estimate of drug-likeness (QED) is 0.771. The summed E-state index contributed by atoms with van der Waals surface area (Å²) < 4.78 is 5.25. The van der Waals surface area contributed by atoms with Crippen molar-refractivity contribution in [1.82, 2.24) is 9.97 Å². The van der Waals surface area contributed by atoms with E-state index in [1.807, 2.05) is 19.1 Å². The Morgan fingerprint density at radius 3 is 2.67 bits per heavy atom. The van der Waals surface area contributed by atoms with Gasteiger partial charge >= 0.3 is 0 Å². The third-order valence-electron chi connectivity index (χ3n) is 3.64. The molecule has 94 valence electrons. The number of methoxy groups -OCH3 is 1. The van der Waals surface area contributed by atoms with Crippen LogP contribution in [-0.4, -0.2) is 17.1 Å². The molecular weight excluding hydrogens is 248 g/mol. The van der Waals surface area contributed by atoms with Crippen LogP contribution < -0.4 is 4.74 Å². The van der Waals surface area contributed by atoms with Crippen molar-refractivity contribution in [2.24, 2.45) is 0 Å². The van der Waals surface area contributed by atoms with E-state index in [0.717, 1.165) is 28.0 Å². The Hall–Kier alpha value is -1.35. The first kappa shape index (κ1) is 11.7. The van der Waals surface area contributed by atoms with Crippen molar-refractivity contribution in [3.05, 3.63) is 28.7 Å². The molecule has 3 rings (SSSR count). The standard InChI is InChI=1S/C14H15ClN2O/c1-8-6-10(18-2)7-11-12(8)16-14(17-13(11)15)9-4-3-5-9/h6-7,9H,3-5H2,1-2H3. The van der Waals surface area contributed by atoms with E-state index < -0.39 is 0 Å². The molecule has 1 aliphatic rings. The summed E-state index contributed by atoms with van der Waals surface area (Å²) in [5.41, 5.74) is 2.02. The van der Waals surface area contributed by atoms with Gasteiger partial charge in [-0.1, -0.05) is 18.0 Å². The molecule has 0 saturated heterocycles. The molecule has 0 bridgehead atoms. The zero-order chi connectivity index (χ0) is 12.7. The molecule has 0 radical (unpaired) electrons. The molecule has 0 aliphatic heterocycles. The highest BCUT2D eigenvalue weighted by molar-refractivity contribution is 6.34. The molecule has 1 aromatic carbocycles. The molecule has 0 N–H and O–H groups in total. The number of ether oxygens (including phenoxy) is 1. The fourth-order valence-electron chi connectivity index (χ4n) is 2.32. The fraction of sp³-hybridized carbons (Fsp3) is 0.429. The van der Waals surface area contributed by atoms with Crippen molar-refractivity contribution in [2.75, 3.05) is 7.11 Å². The van der Waals surface area contributed by atoms with Crippen LogP contribution in [0.2, 0.25) is 5.15 Å². The molecule has 1 aliphatic carbocycles. The van der Waals surface area contributed by atoms with E-state index in [9.17, 15) is 0 Å². The number of hydrogen-bond acceptors (Lipinski definition) is 3. The zero-order valence-electron chi connectivity index (χ0n) is 10.5. The Balaban J connectivity index is 2.20. The molecule has 2 aromatic rings. The van der Waals surface area contributed by atoms with Crippen LogP contribution in [-0.2, 0) is 0 Å². The summed E-state index contributed by atoms with van der Waals surface area (Å²) in [7, 11) is 1.65. The monoisotopic (exact) mass is 262 g/mol. The number of nitrogens with zero attached hydrogens (tertiary/aromatic N) is 2. The third-order valence-corrected chi connectivity index (χ3v) is 3.93. The SMILES string of the molecule is COc1cc(C)c2nc(C3CCC3)nc(Cl)c2c1. The number of aryl methyl sites for hydroxylation is 1. The van der Waals surface area contributed by atoms with E-state index >= 15 is 0 Å². The van der Waals surface area contributed by atoms with Crippen LogP contribution in [0.1, 0.15) is 36.6 Å². The van der Waals surface area contributed by atoms with Gasteiger partial charge < -0.3 is 4.74 Å². The van der Waals surface area contributed by atoms with E-state index in [0.29, 0.717) is 11.1 Å². The van der Waals surface area contributed by atoms with Crippen molar-refractivity contribution >= 4 is 22.5 Å². The molecule has 18 heavy (non-hydrogen) atoms. The second kappa shape index (κ2) is 4.39. The van der Waals surface area contributed by atoms with Crippen molar-refractivity contribution in [1.29, 1.82) is 0 Å². The highest BCUT2D eigenvalue weighted by Gasteiger charge is 2.23. The van der Waals surface area contributed by atoms with E-state index in [1.54, 1.807) is 7.11 Å². The minimum Gasteiger partial charge on any atom is -0.497 e. The van der Waals surface area contributed by atoms with E-state index in [1.165, 1.54) is 19.3 Å². The first-order valence-corrected chi connectivity index (χ1v) is 6.58. The summed E-state index contributed by atoms with van der Waals surface area (Å²) >= 11 is 6.28. The maximum atomic E-state index is 6.28. The Bertz CT molecular complexity index is 608. The number of halogens is 1. The second-order valence-electron chi connectivity index (χ2n) is 4.84. The molecule has 4 heteroatoms. The van der Waals surface area contributed by atoms with Gasteiger partial charge in [0.1, 0.15) is 16.7 Å². The first-order valence-electron chi connectivity index (χ1n) is 6.21. The van der Waals surface area contributed by atoms with Crippen molar-refractivity contribution in [2.45, 2.75) is 32.1 Å². The van der Waals surface area contributed by atoms with Crippen molar-refractivity contribution in [3.63, 3.8) is 0 Å². The lowest BCUT2D eigenvalue weighted by Crippen LogP contribution is -2.13. The molecule has 0 unspecified atom stereocenters. The lowest BCUT2D eigenvalue weighted by atomic mass is 9.85. The first-order chi connectivity index (χ1) is 8.69. The highest BCUT2D eigenvalue weighted by atomic mass is 35.5. The van der Waals surface area contributed by atoms with E-state index in [2.05, 4.69) is 9.97 Å². The van der Waals surface area contributed by atoms with Gasteiger partial charge in [-0.15, -0.1) is 0 Å². The van der Waals surface area contributed by atoms with Crippen molar-refractivity contribution < 1.29 is 4.74 Å². The van der Waals surface area contributed by atoms with Gasteiger partial charge in [-0.3, -0.25) is 0 Å². The molecule has 1 aromatic heterocycles. The zero-order valence-corrected chi connectivity index (χ0v) is 11.3. The molecule has 0 atom stereocenters. The van der Waals surface area contributed by atoms with Gasteiger partial charge in [0.15, 0.2) is 0 Å². The Morgan fingerprint density at radius 2 is 2.06 bits per heavy atom. The van der Waals surface area contributed by atoms with Crippen LogP contribution in [0.3, 0.4) is 0 Å². The lowest BCUT2D eigenvalue weighted by molar-refractivity contribution is 0.402. The molecule has 0 spiro atoms. The van der Waals surface area contributed by atoms with Gasteiger partial charge in [-0.2, -0.15) is 0 Å². The van der Waals surface area contributed by atoms with Gasteiger partial charge in [-0.25, -0.2) is 9.97 Å². The second-order valence-corrected chi connectivity index (χ2v) is 5.20. The van der Waals surface area contributed by atoms with Gasteiger partial charge in [0.05, 0.1) is 12.6 Å². The van der Waals surface area contributed by atoms with Gasteiger partial charge in [0.25, 0.3) is 0 Å². The number of benzene rings is 1. The third kappa shape index (κ3) is 1.83. The topological polar surface area (TPSA) is 35.0 Å². The number of rotatable bonds is 2. The Labute approximate surface area is 111 Å². The molecule has 1 saturated carbocycles. The minimum absolute atomic E-state index is 0.494. The average molecular weight is 263 g/mol. The van der Waals surface area contributed by atoms with Crippen LogP contribution >= 0.6 is 11.6 Å². The molecule has 0 amide bonds. The summed E-state index contributed by atoms with van der Waals surface area (Å²) in [6.07, 6.45) is 3.62. The fourth-order valence-corrected chi connectivity index (χ4v) is 2.55. The van der Waals surface area contributed by atoms with Gasteiger partial charge in [0.2, 0.25) is 0 Å². The maximum Gasteiger partial charge on any atom is 0.140 e. The highest BCUT2D eigenvalue weighted by Crippen LogP contribution is 2.37. The van der Waals surface area contributed by atoms with Gasteiger partial charge in [-0.05, 0) is 37.5 Å². The van der Waals surface area contributed by atoms with E-state index in [-0.39, 0.29) is 0 Å².